The van der Waals surface area contributed by atoms with Gasteiger partial charge >= 0.3 is 0 Å². The molecule has 1 fully saturated rings. The highest BCUT2D eigenvalue weighted by atomic mass is 32.2. The van der Waals surface area contributed by atoms with Gasteiger partial charge in [-0.25, -0.2) is 14.1 Å². The summed E-state index contributed by atoms with van der Waals surface area (Å²) in [7, 11) is -1.44. The molecule has 0 saturated heterocycles. The Hall–Kier alpha value is -4.79. The van der Waals surface area contributed by atoms with E-state index in [2.05, 4.69) is 46.6 Å². The normalized spacial score (nSPS) is 13.8. The number of aromatic nitrogens is 5. The second-order valence-electron chi connectivity index (χ2n) is 13.4. The van der Waals surface area contributed by atoms with Crippen LogP contribution >= 0.6 is 11.8 Å². The van der Waals surface area contributed by atoms with E-state index in [-0.39, 0.29) is 40.2 Å². The number of carbonyl (C=O) groups is 1. The zero-order valence-electron chi connectivity index (χ0n) is 28.3. The minimum Gasteiger partial charge on any atom is -0.403 e. The second kappa shape index (κ2) is 14.6. The average molecular weight is 712 g/mol. The number of nitro groups is 1. The highest BCUT2D eigenvalue weighted by molar-refractivity contribution is 7.99. The first kappa shape index (κ1) is 35.0. The molecule has 0 radical (unpaired) electrons. The lowest BCUT2D eigenvalue weighted by Crippen LogP contribution is -2.66. The number of nitrogens with one attached hydrogen (secondary N) is 1. The van der Waals surface area contributed by atoms with E-state index in [1.807, 2.05) is 60.7 Å². The van der Waals surface area contributed by atoms with Crippen molar-refractivity contribution in [2.45, 2.75) is 74.1 Å². The molecule has 1 N–H and O–H groups in total. The Morgan fingerprint density at radius 3 is 2.24 bits per heavy atom. The van der Waals surface area contributed by atoms with Gasteiger partial charge in [0.15, 0.2) is 11.6 Å². The van der Waals surface area contributed by atoms with Crippen LogP contribution in [0, 0.1) is 15.9 Å². The average Bonchev–Trinajstić information content (AvgIpc) is 3.78. The van der Waals surface area contributed by atoms with Crippen LogP contribution in [0.4, 0.5) is 15.9 Å². The van der Waals surface area contributed by atoms with Crippen LogP contribution in [-0.2, 0) is 18.1 Å². The molecule has 14 heteroatoms. The van der Waals surface area contributed by atoms with E-state index in [1.54, 1.807) is 19.3 Å². The van der Waals surface area contributed by atoms with E-state index < -0.39 is 25.0 Å². The number of aryl methyl sites for hydroxylation is 1. The molecule has 1 aliphatic carbocycles. The maximum Gasteiger partial charge on any atom is 0.275 e. The molecule has 0 unspecified atom stereocenters. The van der Waals surface area contributed by atoms with Crippen molar-refractivity contribution in [2.75, 3.05) is 5.32 Å². The molecule has 0 aliphatic heterocycles. The molecular formula is C36H38FN7O4SSi. The Bertz CT molecular complexity index is 1960. The van der Waals surface area contributed by atoms with Crippen LogP contribution in [0.15, 0.2) is 95.1 Å². The summed E-state index contributed by atoms with van der Waals surface area (Å²) in [6.45, 7) is 6.25. The van der Waals surface area contributed by atoms with E-state index in [1.165, 1.54) is 16.8 Å². The summed E-state index contributed by atoms with van der Waals surface area (Å²) in [6, 6.07) is 24.1. The van der Waals surface area contributed by atoms with Crippen LogP contribution in [0.5, 0.6) is 0 Å². The van der Waals surface area contributed by atoms with Crippen LogP contribution in [0.3, 0.4) is 0 Å². The topological polar surface area (TPSA) is 138 Å². The van der Waals surface area contributed by atoms with Gasteiger partial charge in [-0.1, -0.05) is 94.3 Å². The number of anilines is 1. The van der Waals surface area contributed by atoms with Crippen LogP contribution in [0.2, 0.25) is 5.04 Å². The summed E-state index contributed by atoms with van der Waals surface area (Å²) in [5.74, 6) is -1.44. The minimum absolute atomic E-state index is 0.0556. The molecule has 6 rings (SSSR count). The standard InChI is InChI=1S/C36H38FN7O4SSi/c1-36(2,3)50(27-15-7-5-8-16-27,28-17-9-6-10-18-28)48-23-26-20-32(49-35-40-41-42-43(35)4)29(21-31(26)44(46)47)34(45)39-33-30(37)19-25(22-38-33)24-13-11-12-14-24/h5-10,15-22,24H,11-14,23H2,1-4H3,(H,38,39,45). The van der Waals surface area contributed by atoms with Crippen molar-refractivity contribution in [3.05, 3.63) is 118 Å². The first-order valence-electron chi connectivity index (χ1n) is 16.4. The van der Waals surface area contributed by atoms with Crippen molar-refractivity contribution in [3.63, 3.8) is 0 Å². The Morgan fingerprint density at radius 1 is 1.06 bits per heavy atom. The largest absolute Gasteiger partial charge is 0.403 e. The van der Waals surface area contributed by atoms with Crippen LogP contribution in [-0.4, -0.2) is 44.3 Å². The number of carbonyl (C=O) groups excluding carboxylic acids is 1. The number of nitrogens with zero attached hydrogens (tertiary/aromatic N) is 6. The van der Waals surface area contributed by atoms with Crippen molar-refractivity contribution >= 4 is 47.9 Å². The molecule has 0 spiro atoms. The fourth-order valence-electron chi connectivity index (χ4n) is 6.71. The van der Waals surface area contributed by atoms with Gasteiger partial charge < -0.3 is 9.74 Å². The van der Waals surface area contributed by atoms with Crippen molar-refractivity contribution in [2.24, 2.45) is 7.05 Å². The minimum atomic E-state index is -3.08. The summed E-state index contributed by atoms with van der Waals surface area (Å²) in [6.07, 6.45) is 5.71. The van der Waals surface area contributed by atoms with Crippen LogP contribution in [0.1, 0.15) is 73.9 Å². The number of rotatable bonds is 11. The van der Waals surface area contributed by atoms with Gasteiger partial charge in [-0.2, -0.15) is 0 Å². The molecule has 2 heterocycles. The molecular weight excluding hydrogens is 674 g/mol. The molecule has 0 bridgehead atoms. The summed E-state index contributed by atoms with van der Waals surface area (Å²) in [4.78, 5) is 30.5. The van der Waals surface area contributed by atoms with Gasteiger partial charge in [0.2, 0.25) is 5.16 Å². The number of pyridine rings is 1. The Labute approximate surface area is 295 Å². The maximum absolute atomic E-state index is 15.3. The number of hydrogen-bond acceptors (Lipinski definition) is 9. The third kappa shape index (κ3) is 7.09. The third-order valence-corrected chi connectivity index (χ3v) is 15.3. The zero-order chi connectivity index (χ0) is 35.5. The van der Waals surface area contributed by atoms with E-state index in [9.17, 15) is 14.9 Å². The lowest BCUT2D eigenvalue weighted by molar-refractivity contribution is -0.385. The summed E-state index contributed by atoms with van der Waals surface area (Å²) >= 11 is 1.06. The van der Waals surface area contributed by atoms with Gasteiger partial charge in [0.1, 0.15) is 0 Å². The lowest BCUT2D eigenvalue weighted by Gasteiger charge is -2.43. The summed E-state index contributed by atoms with van der Waals surface area (Å²) in [5.41, 5.74) is 0.700. The molecule has 1 amide bonds. The molecule has 2 aromatic heterocycles. The number of amides is 1. The number of hydrogen-bond donors (Lipinski definition) is 1. The molecule has 258 valence electrons. The number of nitro benzene ring substituents is 1. The Kier molecular flexibility index (Phi) is 10.2. The predicted octanol–water partition coefficient (Wildman–Crippen LogP) is 6.79. The van der Waals surface area contributed by atoms with Gasteiger partial charge in [-0.05, 0) is 74.1 Å². The molecule has 1 saturated carbocycles. The van der Waals surface area contributed by atoms with Gasteiger partial charge in [0, 0.05) is 24.2 Å². The quantitative estimate of drug-likeness (QED) is 0.0892. The van der Waals surface area contributed by atoms with E-state index >= 15 is 4.39 Å². The predicted molar refractivity (Wildman–Crippen MR) is 192 cm³/mol. The monoisotopic (exact) mass is 711 g/mol. The van der Waals surface area contributed by atoms with E-state index in [0.717, 1.165) is 53.4 Å². The van der Waals surface area contributed by atoms with Crippen molar-refractivity contribution in [1.82, 2.24) is 25.2 Å². The SMILES string of the molecule is Cn1nnnc1Sc1cc(CO[Si](c2ccccc2)(c2ccccc2)C(C)(C)C)c([N+](=O)[O-])cc1C(=O)Nc1ncc(C2CCCC2)cc1F. The molecule has 0 atom stereocenters. The first-order valence-corrected chi connectivity index (χ1v) is 19.1. The van der Waals surface area contributed by atoms with Crippen LogP contribution < -0.4 is 15.7 Å². The summed E-state index contributed by atoms with van der Waals surface area (Å²) < 4.78 is 23.7. The molecule has 50 heavy (non-hydrogen) atoms. The van der Waals surface area contributed by atoms with E-state index in [4.69, 9.17) is 4.43 Å². The van der Waals surface area contributed by atoms with Crippen molar-refractivity contribution < 1.29 is 18.5 Å². The van der Waals surface area contributed by atoms with Crippen LogP contribution in [0.25, 0.3) is 0 Å². The van der Waals surface area contributed by atoms with Gasteiger partial charge in [-0.3, -0.25) is 14.9 Å². The highest BCUT2D eigenvalue weighted by Crippen LogP contribution is 2.40. The fourth-order valence-corrected chi connectivity index (χ4v) is 12.1. The van der Waals surface area contributed by atoms with Gasteiger partial charge in [0.25, 0.3) is 19.9 Å². The number of halogens is 1. The number of benzene rings is 3. The third-order valence-electron chi connectivity index (χ3n) is 9.19. The Morgan fingerprint density at radius 2 is 1.70 bits per heavy atom. The molecule has 1 aliphatic rings. The van der Waals surface area contributed by atoms with Crippen molar-refractivity contribution in [3.8, 4) is 0 Å². The second-order valence-corrected chi connectivity index (χ2v) is 18.7. The summed E-state index contributed by atoms with van der Waals surface area (Å²) in [5, 5.41) is 28.8. The molecule has 5 aromatic rings. The van der Waals surface area contributed by atoms with Gasteiger partial charge in [0.05, 0.1) is 22.7 Å². The Balaban J connectivity index is 1.41. The molecule has 3 aromatic carbocycles. The first-order chi connectivity index (χ1) is 24.0. The smallest absolute Gasteiger partial charge is 0.275 e. The van der Waals surface area contributed by atoms with Crippen molar-refractivity contribution in [1.29, 1.82) is 0 Å². The van der Waals surface area contributed by atoms with E-state index in [0.29, 0.717) is 10.1 Å². The lowest BCUT2D eigenvalue weighted by atomic mass is 9.99. The highest BCUT2D eigenvalue weighted by Gasteiger charge is 2.50. The fraction of sp³-hybridized carbons (Fsp3) is 0.306. The molecule has 11 nitrogen and oxygen atoms in total. The maximum atomic E-state index is 15.3. The zero-order valence-corrected chi connectivity index (χ0v) is 30.1. The van der Waals surface area contributed by atoms with Gasteiger partial charge in [-0.15, -0.1) is 5.10 Å². The number of tetrazole rings is 1.